The second kappa shape index (κ2) is 6.80. The molecule has 1 saturated heterocycles. The molecule has 8 nitrogen and oxygen atoms in total. The van der Waals surface area contributed by atoms with Crippen molar-refractivity contribution in [2.75, 3.05) is 6.54 Å². The molecule has 0 unspecified atom stereocenters. The predicted molar refractivity (Wildman–Crippen MR) is 94.9 cm³/mol. The van der Waals surface area contributed by atoms with Gasteiger partial charge in [-0.05, 0) is 38.5 Å². The third-order valence-electron chi connectivity index (χ3n) is 4.23. The van der Waals surface area contributed by atoms with Crippen molar-refractivity contribution in [1.29, 1.82) is 0 Å². The fourth-order valence-corrected chi connectivity index (χ4v) is 2.95. The van der Waals surface area contributed by atoms with Gasteiger partial charge in [0, 0.05) is 16.3 Å². The summed E-state index contributed by atoms with van der Waals surface area (Å²) in [5, 5.41) is 8.19. The Labute approximate surface area is 155 Å². The molecular formula is C17H18ClN5O3. The summed E-state index contributed by atoms with van der Waals surface area (Å²) in [6, 6.07) is 5.00. The number of urea groups is 1. The van der Waals surface area contributed by atoms with Crippen LogP contribution in [0.3, 0.4) is 0 Å². The molecule has 2 N–H and O–H groups in total. The number of aromatic nitrogens is 2. The van der Waals surface area contributed by atoms with E-state index in [2.05, 4.69) is 15.8 Å². The molecule has 0 saturated carbocycles. The second-order valence-corrected chi connectivity index (χ2v) is 6.55. The number of benzene rings is 1. The summed E-state index contributed by atoms with van der Waals surface area (Å²) in [6.07, 6.45) is 0.0369. The summed E-state index contributed by atoms with van der Waals surface area (Å²) < 4.78 is 1.73. The van der Waals surface area contributed by atoms with Crippen molar-refractivity contribution in [3.8, 4) is 5.69 Å². The standard InChI is InChI=1S/C17H18ClN5O3/c1-9-4-5-12(6-14(9)18)23-11(3)13(10(2)20-23)7-15(24)21-22-8-16(25)19-17(22)26/h4-6H,7-8H2,1-3H3,(H,21,24)(H,19,25,26). The monoisotopic (exact) mass is 375 g/mol. The van der Waals surface area contributed by atoms with E-state index in [0.717, 1.165) is 27.5 Å². The van der Waals surface area contributed by atoms with Crippen molar-refractivity contribution in [3.05, 3.63) is 45.7 Å². The molecule has 0 aliphatic carbocycles. The molecule has 0 bridgehead atoms. The Balaban J connectivity index is 1.79. The van der Waals surface area contributed by atoms with Crippen LogP contribution in [0.1, 0.15) is 22.5 Å². The number of hydrogen-bond acceptors (Lipinski definition) is 4. The van der Waals surface area contributed by atoms with Gasteiger partial charge in [-0.15, -0.1) is 0 Å². The number of carbonyl (C=O) groups excluding carboxylic acids is 3. The largest absolute Gasteiger partial charge is 0.343 e. The van der Waals surface area contributed by atoms with Crippen LogP contribution in [0.5, 0.6) is 0 Å². The number of aryl methyl sites for hydroxylation is 2. The maximum atomic E-state index is 12.3. The van der Waals surface area contributed by atoms with Crippen molar-refractivity contribution in [2.24, 2.45) is 0 Å². The van der Waals surface area contributed by atoms with Gasteiger partial charge < -0.3 is 0 Å². The van der Waals surface area contributed by atoms with Gasteiger partial charge in [0.15, 0.2) is 0 Å². The van der Waals surface area contributed by atoms with Gasteiger partial charge in [0.25, 0.3) is 0 Å². The Bertz CT molecular complexity index is 921. The molecule has 0 atom stereocenters. The molecule has 3 rings (SSSR count). The molecule has 1 aromatic heterocycles. The number of carbonyl (C=O) groups is 3. The van der Waals surface area contributed by atoms with Gasteiger partial charge in [0.05, 0.1) is 17.8 Å². The molecule has 2 heterocycles. The SMILES string of the molecule is Cc1ccc(-n2nc(C)c(CC(=O)NN3CC(=O)NC3=O)c2C)cc1Cl. The van der Waals surface area contributed by atoms with Gasteiger partial charge in [-0.1, -0.05) is 17.7 Å². The van der Waals surface area contributed by atoms with Crippen LogP contribution in [0.4, 0.5) is 4.79 Å². The van der Waals surface area contributed by atoms with Crippen LogP contribution in [0, 0.1) is 20.8 Å². The number of amides is 4. The van der Waals surface area contributed by atoms with Crippen LogP contribution in [0.25, 0.3) is 5.69 Å². The predicted octanol–water partition coefficient (Wildman–Crippen LogP) is 1.58. The van der Waals surface area contributed by atoms with Crippen LogP contribution >= 0.6 is 11.6 Å². The van der Waals surface area contributed by atoms with E-state index >= 15 is 0 Å². The highest BCUT2D eigenvalue weighted by Crippen LogP contribution is 2.23. The summed E-state index contributed by atoms with van der Waals surface area (Å²) in [4.78, 5) is 34.9. The van der Waals surface area contributed by atoms with E-state index in [-0.39, 0.29) is 13.0 Å². The average Bonchev–Trinajstić information content (AvgIpc) is 3.03. The topological polar surface area (TPSA) is 96.3 Å². The number of hydrogen-bond donors (Lipinski definition) is 2. The first-order valence-electron chi connectivity index (χ1n) is 7.98. The summed E-state index contributed by atoms with van der Waals surface area (Å²) in [5.41, 5.74) is 6.47. The van der Waals surface area contributed by atoms with Gasteiger partial charge in [-0.2, -0.15) is 5.10 Å². The smallest absolute Gasteiger partial charge is 0.275 e. The second-order valence-electron chi connectivity index (χ2n) is 6.15. The molecule has 136 valence electrons. The lowest BCUT2D eigenvalue weighted by molar-refractivity contribution is -0.124. The molecule has 26 heavy (non-hydrogen) atoms. The minimum absolute atomic E-state index is 0.0369. The normalized spacial score (nSPS) is 13.9. The van der Waals surface area contributed by atoms with E-state index in [4.69, 9.17) is 11.6 Å². The van der Waals surface area contributed by atoms with E-state index < -0.39 is 17.8 Å². The third kappa shape index (κ3) is 3.41. The highest BCUT2D eigenvalue weighted by molar-refractivity contribution is 6.31. The number of halogens is 1. The van der Waals surface area contributed by atoms with Crippen molar-refractivity contribution >= 4 is 29.4 Å². The fraction of sp³-hybridized carbons (Fsp3) is 0.294. The van der Waals surface area contributed by atoms with Crippen molar-refractivity contribution in [3.63, 3.8) is 0 Å². The zero-order valence-corrected chi connectivity index (χ0v) is 15.3. The molecule has 1 aliphatic rings. The maximum Gasteiger partial charge on any atom is 0.343 e. The van der Waals surface area contributed by atoms with Crippen LogP contribution in [-0.4, -0.2) is 39.2 Å². The molecule has 0 radical (unpaired) electrons. The highest BCUT2D eigenvalue weighted by atomic mass is 35.5. The zero-order chi connectivity index (χ0) is 19.0. The van der Waals surface area contributed by atoms with Crippen molar-refractivity contribution < 1.29 is 14.4 Å². The quantitative estimate of drug-likeness (QED) is 0.793. The zero-order valence-electron chi connectivity index (χ0n) is 14.6. The Morgan fingerprint density at radius 3 is 2.65 bits per heavy atom. The summed E-state index contributed by atoms with van der Waals surface area (Å²) >= 11 is 6.19. The van der Waals surface area contributed by atoms with E-state index in [9.17, 15) is 14.4 Å². The summed E-state index contributed by atoms with van der Waals surface area (Å²) in [7, 11) is 0. The van der Waals surface area contributed by atoms with E-state index in [1.165, 1.54) is 0 Å². The Morgan fingerprint density at radius 1 is 1.31 bits per heavy atom. The third-order valence-corrected chi connectivity index (χ3v) is 4.64. The van der Waals surface area contributed by atoms with Gasteiger partial charge >= 0.3 is 6.03 Å². The molecule has 2 aromatic rings. The Kier molecular flexibility index (Phi) is 4.69. The Morgan fingerprint density at radius 2 is 2.04 bits per heavy atom. The van der Waals surface area contributed by atoms with Crippen LogP contribution in [-0.2, 0) is 16.0 Å². The first kappa shape index (κ1) is 17.9. The Hall–Kier alpha value is -2.87. The van der Waals surface area contributed by atoms with Gasteiger partial charge in [0.1, 0.15) is 6.54 Å². The maximum absolute atomic E-state index is 12.3. The molecule has 1 aliphatic heterocycles. The van der Waals surface area contributed by atoms with Crippen LogP contribution < -0.4 is 10.7 Å². The highest BCUT2D eigenvalue weighted by Gasteiger charge is 2.28. The minimum atomic E-state index is -0.637. The van der Waals surface area contributed by atoms with E-state index in [0.29, 0.717) is 10.7 Å². The minimum Gasteiger partial charge on any atom is -0.275 e. The van der Waals surface area contributed by atoms with Gasteiger partial charge in [-0.25, -0.2) is 14.5 Å². The van der Waals surface area contributed by atoms with Crippen molar-refractivity contribution in [2.45, 2.75) is 27.2 Å². The number of hydrazine groups is 1. The summed E-state index contributed by atoms with van der Waals surface area (Å²) in [6.45, 7) is 5.41. The molecule has 9 heteroatoms. The van der Waals surface area contributed by atoms with Gasteiger partial charge in [0.2, 0.25) is 11.8 Å². The first-order chi connectivity index (χ1) is 12.3. The number of nitrogens with zero attached hydrogens (tertiary/aromatic N) is 3. The van der Waals surface area contributed by atoms with E-state index in [1.807, 2.05) is 39.0 Å². The summed E-state index contributed by atoms with van der Waals surface area (Å²) in [5.74, 6) is -0.853. The molecule has 1 aromatic carbocycles. The van der Waals surface area contributed by atoms with Gasteiger partial charge in [-0.3, -0.25) is 20.3 Å². The fourth-order valence-electron chi connectivity index (χ4n) is 2.78. The molecule has 1 fully saturated rings. The first-order valence-corrected chi connectivity index (χ1v) is 8.36. The molecule has 0 spiro atoms. The van der Waals surface area contributed by atoms with Crippen molar-refractivity contribution in [1.82, 2.24) is 25.5 Å². The average molecular weight is 376 g/mol. The lowest BCUT2D eigenvalue weighted by Crippen LogP contribution is -2.44. The molecule has 4 amide bonds. The number of rotatable bonds is 4. The number of imide groups is 1. The van der Waals surface area contributed by atoms with Crippen LogP contribution in [0.2, 0.25) is 5.02 Å². The van der Waals surface area contributed by atoms with Crippen LogP contribution in [0.15, 0.2) is 18.2 Å². The lowest BCUT2D eigenvalue weighted by atomic mass is 10.1. The molecular weight excluding hydrogens is 358 g/mol. The lowest BCUT2D eigenvalue weighted by Gasteiger charge is -2.14. The van der Waals surface area contributed by atoms with E-state index in [1.54, 1.807) is 4.68 Å². The number of nitrogens with one attached hydrogen (secondary N) is 2.